The zero-order valence-corrected chi connectivity index (χ0v) is 16.8. The lowest BCUT2D eigenvalue weighted by Crippen LogP contribution is -2.52. The summed E-state index contributed by atoms with van der Waals surface area (Å²) < 4.78 is 11.2. The van der Waals surface area contributed by atoms with Gasteiger partial charge < -0.3 is 13.7 Å². The molecule has 150 valence electrons. The molecule has 5 nitrogen and oxygen atoms in total. The molecule has 5 heteroatoms. The average Bonchev–Trinajstić information content (AvgIpc) is 3.40. The number of rotatable bonds is 3. The second-order valence-corrected chi connectivity index (χ2v) is 8.36. The van der Waals surface area contributed by atoms with Gasteiger partial charge in [0.2, 0.25) is 0 Å². The Bertz CT molecular complexity index is 997. The smallest absolute Gasteiger partial charge is 0.289 e. The van der Waals surface area contributed by atoms with Crippen LogP contribution < -0.4 is 0 Å². The maximum absolute atomic E-state index is 12.7. The maximum Gasteiger partial charge on any atom is 0.289 e. The number of carbonyl (C=O) groups excluding carboxylic acids is 1. The van der Waals surface area contributed by atoms with Gasteiger partial charge in [-0.25, -0.2) is 0 Å². The van der Waals surface area contributed by atoms with E-state index in [2.05, 4.69) is 35.2 Å². The Labute approximate surface area is 170 Å². The summed E-state index contributed by atoms with van der Waals surface area (Å²) in [6.07, 6.45) is 3.48. The zero-order chi connectivity index (χ0) is 19.8. The average molecular weight is 390 g/mol. The lowest BCUT2D eigenvalue weighted by Gasteiger charge is -2.48. The van der Waals surface area contributed by atoms with E-state index in [1.165, 1.54) is 11.1 Å². The van der Waals surface area contributed by atoms with Gasteiger partial charge in [0.05, 0.1) is 12.8 Å². The molecule has 4 heterocycles. The Balaban J connectivity index is 1.37. The van der Waals surface area contributed by atoms with Gasteiger partial charge in [-0.05, 0) is 55.2 Å². The molecule has 1 aromatic carbocycles. The number of nitrogens with zero attached hydrogens (tertiary/aromatic N) is 2. The van der Waals surface area contributed by atoms with E-state index in [4.69, 9.17) is 8.83 Å². The molecular formula is C24H26N2O3. The van der Waals surface area contributed by atoms with Crippen LogP contribution in [0, 0.1) is 6.92 Å². The molecule has 29 heavy (non-hydrogen) atoms. The van der Waals surface area contributed by atoms with Crippen molar-refractivity contribution < 1.29 is 13.6 Å². The fourth-order valence-electron chi connectivity index (χ4n) is 5.01. The van der Waals surface area contributed by atoms with E-state index in [0.717, 1.165) is 57.1 Å². The van der Waals surface area contributed by atoms with Crippen LogP contribution in [-0.2, 0) is 18.5 Å². The van der Waals surface area contributed by atoms with Gasteiger partial charge in [-0.15, -0.1) is 0 Å². The number of piperidine rings is 1. The SMILES string of the molecule is Cc1ccc(CN2Cc3ccccc3C3(CCN(C(=O)c4ccco4)CC3)C2)o1. The molecule has 2 aromatic heterocycles. The fourth-order valence-corrected chi connectivity index (χ4v) is 5.01. The van der Waals surface area contributed by atoms with Crippen molar-refractivity contribution in [3.63, 3.8) is 0 Å². The largest absolute Gasteiger partial charge is 0.465 e. The lowest BCUT2D eigenvalue weighted by atomic mass is 9.69. The van der Waals surface area contributed by atoms with Crippen molar-refractivity contribution in [2.45, 2.75) is 38.3 Å². The highest BCUT2D eigenvalue weighted by Crippen LogP contribution is 2.42. The van der Waals surface area contributed by atoms with Crippen molar-refractivity contribution >= 4 is 5.91 Å². The monoisotopic (exact) mass is 390 g/mol. The minimum atomic E-state index is -0.00291. The van der Waals surface area contributed by atoms with Gasteiger partial charge in [0.15, 0.2) is 5.76 Å². The number of carbonyl (C=O) groups is 1. The van der Waals surface area contributed by atoms with Crippen LogP contribution in [0.4, 0.5) is 0 Å². The number of amides is 1. The second kappa shape index (κ2) is 7.23. The van der Waals surface area contributed by atoms with E-state index in [9.17, 15) is 4.79 Å². The lowest BCUT2D eigenvalue weighted by molar-refractivity contribution is 0.0552. The molecule has 1 saturated heterocycles. The minimum Gasteiger partial charge on any atom is -0.465 e. The highest BCUT2D eigenvalue weighted by molar-refractivity contribution is 5.91. The Hall–Kier alpha value is -2.79. The molecule has 0 aliphatic carbocycles. The molecule has 2 aliphatic heterocycles. The quantitative estimate of drug-likeness (QED) is 0.666. The Morgan fingerprint density at radius 3 is 2.62 bits per heavy atom. The van der Waals surface area contributed by atoms with Crippen LogP contribution in [0.1, 0.15) is 46.0 Å². The van der Waals surface area contributed by atoms with Crippen LogP contribution in [0.2, 0.25) is 0 Å². The molecule has 0 radical (unpaired) electrons. The van der Waals surface area contributed by atoms with Gasteiger partial charge in [-0.1, -0.05) is 24.3 Å². The van der Waals surface area contributed by atoms with Crippen molar-refractivity contribution in [1.82, 2.24) is 9.80 Å². The first-order valence-corrected chi connectivity index (χ1v) is 10.3. The van der Waals surface area contributed by atoms with Crippen molar-refractivity contribution in [3.05, 3.63) is 83.2 Å². The standard InChI is InChI=1S/C24H26N2O3/c1-18-8-9-20(29-18)16-25-15-19-5-2-3-6-21(19)24(17-25)10-12-26(13-11-24)23(27)22-7-4-14-28-22/h2-9,14H,10-13,15-17H2,1H3. The predicted molar refractivity (Wildman–Crippen MR) is 110 cm³/mol. The van der Waals surface area contributed by atoms with Gasteiger partial charge in [-0.2, -0.15) is 0 Å². The summed E-state index contributed by atoms with van der Waals surface area (Å²) in [5.74, 6) is 2.40. The van der Waals surface area contributed by atoms with E-state index in [1.807, 2.05) is 17.9 Å². The summed E-state index contributed by atoms with van der Waals surface area (Å²) in [5, 5.41) is 0. The molecule has 0 bridgehead atoms. The van der Waals surface area contributed by atoms with Gasteiger partial charge in [0, 0.05) is 31.6 Å². The molecule has 1 fully saturated rings. The normalized spacial score (nSPS) is 18.7. The highest BCUT2D eigenvalue weighted by atomic mass is 16.3. The molecule has 0 saturated carbocycles. The number of fused-ring (bicyclic) bond motifs is 2. The van der Waals surface area contributed by atoms with Crippen LogP contribution in [0.5, 0.6) is 0 Å². The Kier molecular flexibility index (Phi) is 4.55. The van der Waals surface area contributed by atoms with Crippen molar-refractivity contribution in [1.29, 1.82) is 0 Å². The molecule has 2 aliphatic rings. The zero-order valence-electron chi connectivity index (χ0n) is 16.8. The third-order valence-corrected chi connectivity index (χ3v) is 6.42. The number of benzene rings is 1. The molecule has 5 rings (SSSR count). The van der Waals surface area contributed by atoms with Gasteiger partial charge >= 0.3 is 0 Å². The molecule has 0 atom stereocenters. The fraction of sp³-hybridized carbons (Fsp3) is 0.375. The molecule has 1 spiro atoms. The first-order valence-electron chi connectivity index (χ1n) is 10.3. The first kappa shape index (κ1) is 18.3. The number of hydrogen-bond acceptors (Lipinski definition) is 4. The van der Waals surface area contributed by atoms with Crippen molar-refractivity contribution in [3.8, 4) is 0 Å². The summed E-state index contributed by atoms with van der Waals surface area (Å²) in [5.41, 5.74) is 2.93. The topological polar surface area (TPSA) is 49.8 Å². The number of furan rings is 2. The minimum absolute atomic E-state index is 0.00291. The Morgan fingerprint density at radius 2 is 1.90 bits per heavy atom. The van der Waals surface area contributed by atoms with Crippen molar-refractivity contribution in [2.75, 3.05) is 19.6 Å². The van der Waals surface area contributed by atoms with Crippen LogP contribution in [0.15, 0.2) is 63.6 Å². The number of hydrogen-bond donors (Lipinski definition) is 0. The molecule has 0 N–H and O–H groups in total. The van der Waals surface area contributed by atoms with E-state index >= 15 is 0 Å². The van der Waals surface area contributed by atoms with E-state index in [-0.39, 0.29) is 11.3 Å². The van der Waals surface area contributed by atoms with Gasteiger partial charge in [0.25, 0.3) is 5.91 Å². The third kappa shape index (κ3) is 3.40. The summed E-state index contributed by atoms with van der Waals surface area (Å²) in [7, 11) is 0. The molecule has 1 amide bonds. The van der Waals surface area contributed by atoms with Crippen LogP contribution >= 0.6 is 0 Å². The molecule has 3 aromatic rings. The highest BCUT2D eigenvalue weighted by Gasteiger charge is 2.43. The first-order chi connectivity index (χ1) is 14.1. The van der Waals surface area contributed by atoms with E-state index < -0.39 is 0 Å². The number of aryl methyl sites for hydroxylation is 1. The van der Waals surface area contributed by atoms with Gasteiger partial charge in [0.1, 0.15) is 11.5 Å². The summed E-state index contributed by atoms with van der Waals surface area (Å²) >= 11 is 0. The maximum atomic E-state index is 12.7. The number of likely N-dealkylation sites (tertiary alicyclic amines) is 1. The molecule has 0 unspecified atom stereocenters. The van der Waals surface area contributed by atoms with Gasteiger partial charge in [-0.3, -0.25) is 9.69 Å². The van der Waals surface area contributed by atoms with Crippen LogP contribution in [-0.4, -0.2) is 35.3 Å². The van der Waals surface area contributed by atoms with Crippen LogP contribution in [0.25, 0.3) is 0 Å². The summed E-state index contributed by atoms with van der Waals surface area (Å²) in [6.45, 7) is 6.24. The van der Waals surface area contributed by atoms with Crippen LogP contribution in [0.3, 0.4) is 0 Å². The predicted octanol–water partition coefficient (Wildman–Crippen LogP) is 4.37. The Morgan fingerprint density at radius 1 is 1.07 bits per heavy atom. The third-order valence-electron chi connectivity index (χ3n) is 6.42. The summed E-state index contributed by atoms with van der Waals surface area (Å²) in [6, 6.07) is 16.4. The van der Waals surface area contributed by atoms with E-state index in [1.54, 1.807) is 18.4 Å². The summed E-state index contributed by atoms with van der Waals surface area (Å²) in [4.78, 5) is 17.1. The second-order valence-electron chi connectivity index (χ2n) is 8.36. The van der Waals surface area contributed by atoms with E-state index in [0.29, 0.717) is 5.76 Å². The van der Waals surface area contributed by atoms with Crippen molar-refractivity contribution in [2.24, 2.45) is 0 Å². The molecular weight excluding hydrogens is 364 g/mol.